The molecule has 0 unspecified atom stereocenters. The van der Waals surface area contributed by atoms with Crippen LogP contribution in [0.15, 0.2) is 52.4 Å². The summed E-state index contributed by atoms with van der Waals surface area (Å²) < 4.78 is 24.3. The highest BCUT2D eigenvalue weighted by atomic mass is 35.5. The molecular weight excluding hydrogens is 304 g/mol. The average molecular weight is 314 g/mol. The Hall–Kier alpha value is -1.59. The minimum absolute atomic E-state index is 0.0722. The molecule has 0 atom stereocenters. The number of hydrogen-bond donors (Lipinski definition) is 1. The lowest BCUT2D eigenvalue weighted by molar-refractivity contribution is 0.252. The van der Waals surface area contributed by atoms with Crippen molar-refractivity contribution in [1.29, 1.82) is 0 Å². The molecule has 2 nitrogen and oxygen atoms in total. The van der Waals surface area contributed by atoms with E-state index in [-0.39, 0.29) is 5.75 Å². The van der Waals surface area contributed by atoms with Gasteiger partial charge in [0.25, 0.3) is 5.76 Å². The minimum atomic E-state index is -2.44. The largest absolute Gasteiger partial charge is 0.507 e. The highest BCUT2D eigenvalue weighted by molar-refractivity contribution is 7.99. The van der Waals surface area contributed by atoms with Crippen LogP contribution in [-0.4, -0.2) is 17.1 Å². The van der Waals surface area contributed by atoms with Crippen molar-refractivity contribution in [3.63, 3.8) is 0 Å². The summed E-state index contributed by atoms with van der Waals surface area (Å²) in [5.41, 5.74) is 1.09. The smallest absolute Gasteiger partial charge is 0.288 e. The number of halogens is 3. The maximum Gasteiger partial charge on any atom is 0.288 e. The number of hydrogen-bond acceptors (Lipinski definition) is 3. The van der Waals surface area contributed by atoms with E-state index >= 15 is 0 Å². The summed E-state index contributed by atoms with van der Waals surface area (Å²) in [6, 6.07) is 11.0. The van der Waals surface area contributed by atoms with Gasteiger partial charge in [0.1, 0.15) is 5.75 Å². The van der Waals surface area contributed by atoms with Gasteiger partial charge in [-0.25, -0.2) is 0 Å². The zero-order chi connectivity index (χ0) is 14.5. The molecule has 0 spiro atoms. The van der Waals surface area contributed by atoms with Crippen molar-refractivity contribution in [3.8, 4) is 5.75 Å². The van der Waals surface area contributed by atoms with E-state index in [9.17, 15) is 13.9 Å². The summed E-state index contributed by atoms with van der Waals surface area (Å²) in [6.45, 7) is 0. The summed E-state index contributed by atoms with van der Waals surface area (Å²) in [5.74, 6) is -2.37. The lowest BCUT2D eigenvalue weighted by atomic mass is 10.2. The number of benzene rings is 2. The fourth-order valence-corrected chi connectivity index (χ4v) is 2.17. The van der Waals surface area contributed by atoms with Crippen molar-refractivity contribution in [2.75, 3.05) is 0 Å². The van der Waals surface area contributed by atoms with Crippen LogP contribution in [-0.2, 0) is 0 Å². The Bertz CT molecular complexity index is 617. The second-order valence-corrected chi connectivity index (χ2v) is 5.33. The number of alkyl halides is 2. The van der Waals surface area contributed by atoms with E-state index in [2.05, 4.69) is 4.99 Å². The standard InChI is InChI=1S/C14H10ClF2NOS/c15-10-1-6-13(19)9(7-10)8-18-11-2-4-12(5-3-11)20-14(16)17/h1-8,14,19H. The van der Waals surface area contributed by atoms with E-state index in [4.69, 9.17) is 11.6 Å². The van der Waals surface area contributed by atoms with Crippen LogP contribution in [0.3, 0.4) is 0 Å². The van der Waals surface area contributed by atoms with Gasteiger partial charge in [-0.3, -0.25) is 4.99 Å². The lowest BCUT2D eigenvalue weighted by Crippen LogP contribution is -1.83. The Balaban J connectivity index is 2.13. The van der Waals surface area contributed by atoms with Crippen LogP contribution in [0.2, 0.25) is 5.02 Å². The molecular formula is C14H10ClF2NOS. The van der Waals surface area contributed by atoms with Crippen LogP contribution in [0.1, 0.15) is 5.56 Å². The van der Waals surface area contributed by atoms with Gasteiger partial charge >= 0.3 is 0 Å². The molecule has 0 radical (unpaired) electrons. The first-order chi connectivity index (χ1) is 9.54. The quantitative estimate of drug-likeness (QED) is 0.628. The normalized spacial score (nSPS) is 11.4. The molecule has 0 aliphatic rings. The van der Waals surface area contributed by atoms with Crippen molar-refractivity contribution < 1.29 is 13.9 Å². The fraction of sp³-hybridized carbons (Fsp3) is 0.0714. The van der Waals surface area contributed by atoms with Crippen LogP contribution in [0.25, 0.3) is 0 Å². The number of phenols is 1. The Morgan fingerprint density at radius 2 is 1.85 bits per heavy atom. The molecule has 0 bridgehead atoms. The van der Waals surface area contributed by atoms with Gasteiger partial charge in [-0.05, 0) is 42.5 Å². The Morgan fingerprint density at radius 1 is 1.15 bits per heavy atom. The van der Waals surface area contributed by atoms with Crippen molar-refractivity contribution in [2.45, 2.75) is 10.7 Å². The number of thioether (sulfide) groups is 1. The lowest BCUT2D eigenvalue weighted by Gasteiger charge is -2.01. The van der Waals surface area contributed by atoms with Gasteiger partial charge in [-0.1, -0.05) is 23.4 Å². The molecule has 0 saturated carbocycles. The molecule has 1 N–H and O–H groups in total. The van der Waals surface area contributed by atoms with E-state index in [1.165, 1.54) is 12.3 Å². The Kier molecular flexibility index (Phi) is 4.98. The van der Waals surface area contributed by atoms with Crippen LogP contribution in [0, 0.1) is 0 Å². The first-order valence-electron chi connectivity index (χ1n) is 5.62. The maximum atomic E-state index is 12.2. The summed E-state index contributed by atoms with van der Waals surface area (Å²) in [4.78, 5) is 4.63. The zero-order valence-corrected chi connectivity index (χ0v) is 11.7. The molecule has 0 aliphatic heterocycles. The van der Waals surface area contributed by atoms with E-state index < -0.39 is 5.76 Å². The van der Waals surface area contributed by atoms with Crippen LogP contribution < -0.4 is 0 Å². The monoisotopic (exact) mass is 313 g/mol. The van der Waals surface area contributed by atoms with Crippen molar-refractivity contribution in [2.24, 2.45) is 4.99 Å². The summed E-state index contributed by atoms with van der Waals surface area (Å²) in [7, 11) is 0. The number of aliphatic imine (C=N–C) groups is 1. The first-order valence-corrected chi connectivity index (χ1v) is 6.88. The molecule has 0 aliphatic carbocycles. The summed E-state index contributed by atoms with van der Waals surface area (Å²) in [5, 5.41) is 10.1. The molecule has 0 aromatic heterocycles. The molecule has 0 heterocycles. The molecule has 2 aromatic carbocycles. The van der Waals surface area contributed by atoms with Gasteiger partial charge in [0.05, 0.1) is 5.69 Å². The molecule has 2 rings (SSSR count). The number of rotatable bonds is 4. The van der Waals surface area contributed by atoms with Crippen molar-refractivity contribution in [1.82, 2.24) is 0 Å². The second-order valence-electron chi connectivity index (χ2n) is 3.83. The SMILES string of the molecule is Oc1ccc(Cl)cc1C=Nc1ccc(SC(F)F)cc1. The van der Waals surface area contributed by atoms with Gasteiger partial charge in [-0.2, -0.15) is 8.78 Å². The maximum absolute atomic E-state index is 12.2. The highest BCUT2D eigenvalue weighted by Gasteiger charge is 2.04. The van der Waals surface area contributed by atoms with Crippen LogP contribution in [0.5, 0.6) is 5.75 Å². The van der Waals surface area contributed by atoms with E-state index in [1.807, 2.05) is 0 Å². The Morgan fingerprint density at radius 3 is 2.50 bits per heavy atom. The first kappa shape index (κ1) is 14.8. The molecule has 0 fully saturated rings. The topological polar surface area (TPSA) is 32.6 Å². The molecule has 0 saturated heterocycles. The summed E-state index contributed by atoms with van der Waals surface area (Å²) in [6.07, 6.45) is 1.47. The summed E-state index contributed by atoms with van der Waals surface area (Å²) >= 11 is 6.30. The third-order valence-corrected chi connectivity index (χ3v) is 3.36. The Labute approximate surface area is 124 Å². The molecule has 20 heavy (non-hydrogen) atoms. The van der Waals surface area contributed by atoms with Crippen molar-refractivity contribution >= 4 is 35.3 Å². The molecule has 0 amide bonds. The predicted octanol–water partition coefficient (Wildman–Crippen LogP) is 5.11. The van der Waals surface area contributed by atoms with E-state index in [0.29, 0.717) is 32.9 Å². The van der Waals surface area contributed by atoms with Crippen LogP contribution in [0.4, 0.5) is 14.5 Å². The number of nitrogens with zero attached hydrogens (tertiary/aromatic N) is 1. The van der Waals surface area contributed by atoms with Gasteiger partial charge in [0, 0.05) is 21.7 Å². The van der Waals surface area contributed by atoms with Gasteiger partial charge in [0.2, 0.25) is 0 Å². The van der Waals surface area contributed by atoms with Crippen LogP contribution >= 0.6 is 23.4 Å². The molecule has 6 heteroatoms. The third kappa shape index (κ3) is 4.21. The van der Waals surface area contributed by atoms with Gasteiger partial charge < -0.3 is 5.11 Å². The van der Waals surface area contributed by atoms with E-state index in [0.717, 1.165) is 0 Å². The minimum Gasteiger partial charge on any atom is -0.507 e. The van der Waals surface area contributed by atoms with Crippen molar-refractivity contribution in [3.05, 3.63) is 53.1 Å². The molecule has 104 valence electrons. The predicted molar refractivity (Wildman–Crippen MR) is 78.7 cm³/mol. The van der Waals surface area contributed by atoms with E-state index in [1.54, 1.807) is 36.4 Å². The molecule has 2 aromatic rings. The number of aromatic hydroxyl groups is 1. The number of phenolic OH excluding ortho intramolecular Hbond substituents is 1. The van der Waals surface area contributed by atoms with Gasteiger partial charge in [0.15, 0.2) is 0 Å². The fourth-order valence-electron chi connectivity index (χ4n) is 1.49. The van der Waals surface area contributed by atoms with Gasteiger partial charge in [-0.15, -0.1) is 0 Å². The average Bonchev–Trinajstić information content (AvgIpc) is 2.41. The third-order valence-electron chi connectivity index (χ3n) is 2.40. The zero-order valence-electron chi connectivity index (χ0n) is 10.1. The highest BCUT2D eigenvalue weighted by Crippen LogP contribution is 2.27. The second kappa shape index (κ2) is 6.72.